The Kier molecular flexibility index (Phi) is 3.91. The van der Waals surface area contributed by atoms with Crippen molar-refractivity contribution in [1.29, 1.82) is 5.26 Å². The van der Waals surface area contributed by atoms with E-state index in [1.165, 1.54) is 0 Å². The second-order valence-corrected chi connectivity index (χ2v) is 4.57. The highest BCUT2D eigenvalue weighted by Gasteiger charge is 2.21. The molecular weight excluding hydrogens is 244 g/mol. The highest BCUT2D eigenvalue weighted by Crippen LogP contribution is 2.32. The molecule has 0 radical (unpaired) electrons. The lowest BCUT2D eigenvalue weighted by atomic mass is 10.1. The van der Waals surface area contributed by atoms with Gasteiger partial charge < -0.3 is 14.4 Å². The number of benzene rings is 1. The molecule has 1 heterocycles. The third-order valence-corrected chi connectivity index (χ3v) is 2.97. The van der Waals surface area contributed by atoms with Crippen LogP contribution >= 0.6 is 0 Å². The van der Waals surface area contributed by atoms with Gasteiger partial charge in [0, 0.05) is 18.2 Å². The number of hydrogen-bond donors (Lipinski definition) is 0. The number of fused-ring (bicyclic) bond motifs is 1. The topological polar surface area (TPSA) is 62.6 Å². The van der Waals surface area contributed by atoms with E-state index in [0.717, 1.165) is 0 Å². The minimum Gasteiger partial charge on any atom is -0.454 e. The average molecular weight is 260 g/mol. The number of rotatable bonds is 4. The number of nitriles is 1. The van der Waals surface area contributed by atoms with Crippen molar-refractivity contribution >= 4 is 5.91 Å². The fourth-order valence-corrected chi connectivity index (χ4v) is 1.96. The van der Waals surface area contributed by atoms with Crippen molar-refractivity contribution in [2.75, 3.05) is 13.3 Å². The molecule has 5 nitrogen and oxygen atoms in total. The Hall–Kier alpha value is -2.22. The van der Waals surface area contributed by atoms with E-state index in [2.05, 4.69) is 6.07 Å². The van der Waals surface area contributed by atoms with Gasteiger partial charge >= 0.3 is 0 Å². The van der Waals surface area contributed by atoms with Gasteiger partial charge in [-0.2, -0.15) is 5.26 Å². The minimum absolute atomic E-state index is 0.0475. The molecule has 1 aromatic rings. The smallest absolute Gasteiger partial charge is 0.254 e. The van der Waals surface area contributed by atoms with Gasteiger partial charge in [-0.15, -0.1) is 0 Å². The molecule has 0 saturated heterocycles. The van der Waals surface area contributed by atoms with Crippen molar-refractivity contribution in [2.24, 2.45) is 0 Å². The quantitative estimate of drug-likeness (QED) is 0.832. The molecule has 2 rings (SSSR count). The van der Waals surface area contributed by atoms with Crippen LogP contribution in [0.3, 0.4) is 0 Å². The summed E-state index contributed by atoms with van der Waals surface area (Å²) in [5.74, 6) is 1.16. The molecule has 0 bridgehead atoms. The predicted molar refractivity (Wildman–Crippen MR) is 69.0 cm³/mol. The maximum Gasteiger partial charge on any atom is 0.254 e. The molecule has 0 aliphatic carbocycles. The summed E-state index contributed by atoms with van der Waals surface area (Å²) in [6, 6.07) is 7.25. The van der Waals surface area contributed by atoms with Gasteiger partial charge in [-0.25, -0.2) is 0 Å². The molecule has 1 aliphatic heterocycles. The Labute approximate surface area is 112 Å². The van der Waals surface area contributed by atoms with Crippen LogP contribution in [-0.2, 0) is 0 Å². The van der Waals surface area contributed by atoms with Crippen molar-refractivity contribution in [3.05, 3.63) is 23.8 Å². The van der Waals surface area contributed by atoms with E-state index in [9.17, 15) is 4.79 Å². The summed E-state index contributed by atoms with van der Waals surface area (Å²) in [4.78, 5) is 14.1. The Morgan fingerprint density at radius 3 is 2.84 bits per heavy atom. The van der Waals surface area contributed by atoms with Crippen molar-refractivity contribution in [3.63, 3.8) is 0 Å². The summed E-state index contributed by atoms with van der Waals surface area (Å²) >= 11 is 0. The molecule has 0 spiro atoms. The summed E-state index contributed by atoms with van der Waals surface area (Å²) in [5.41, 5.74) is 0.552. The molecule has 0 saturated carbocycles. The second kappa shape index (κ2) is 5.61. The lowest BCUT2D eigenvalue weighted by molar-refractivity contribution is 0.0710. The first-order chi connectivity index (χ1) is 9.13. The maximum atomic E-state index is 12.4. The molecular formula is C14H16N2O3. The molecule has 1 amide bonds. The van der Waals surface area contributed by atoms with Gasteiger partial charge in [0.2, 0.25) is 6.79 Å². The fraction of sp³-hybridized carbons (Fsp3) is 0.429. The first-order valence-electron chi connectivity index (χ1n) is 6.21. The number of carbonyl (C=O) groups excluding carboxylic acids is 1. The van der Waals surface area contributed by atoms with E-state index >= 15 is 0 Å². The molecule has 0 atom stereocenters. The fourth-order valence-electron chi connectivity index (χ4n) is 1.96. The van der Waals surface area contributed by atoms with Crippen molar-refractivity contribution < 1.29 is 14.3 Å². The van der Waals surface area contributed by atoms with Crippen LogP contribution in [0.4, 0.5) is 0 Å². The molecule has 0 aromatic heterocycles. The van der Waals surface area contributed by atoms with Crippen LogP contribution in [0.2, 0.25) is 0 Å². The third-order valence-electron chi connectivity index (χ3n) is 2.97. The summed E-state index contributed by atoms with van der Waals surface area (Å²) in [7, 11) is 0. The Bertz CT molecular complexity index is 520. The van der Waals surface area contributed by atoms with E-state index in [-0.39, 0.29) is 18.7 Å². The van der Waals surface area contributed by atoms with E-state index in [0.29, 0.717) is 30.0 Å². The summed E-state index contributed by atoms with van der Waals surface area (Å²) in [5, 5.41) is 8.65. The highest BCUT2D eigenvalue weighted by molar-refractivity contribution is 5.95. The van der Waals surface area contributed by atoms with Gasteiger partial charge in [0.25, 0.3) is 5.91 Å². The zero-order valence-electron chi connectivity index (χ0n) is 11.0. The first kappa shape index (κ1) is 13.2. The lowest BCUT2D eigenvalue weighted by Gasteiger charge is -2.26. The molecule has 100 valence electrons. The number of ether oxygens (including phenoxy) is 2. The Balaban J connectivity index is 2.19. The van der Waals surface area contributed by atoms with E-state index < -0.39 is 0 Å². The largest absolute Gasteiger partial charge is 0.454 e. The second-order valence-electron chi connectivity index (χ2n) is 4.57. The summed E-state index contributed by atoms with van der Waals surface area (Å²) in [6.45, 7) is 4.49. The zero-order chi connectivity index (χ0) is 13.8. The van der Waals surface area contributed by atoms with Crippen LogP contribution < -0.4 is 9.47 Å². The molecule has 1 aliphatic rings. The Morgan fingerprint density at radius 1 is 1.42 bits per heavy atom. The third kappa shape index (κ3) is 2.79. The number of carbonyl (C=O) groups is 1. The normalized spacial score (nSPS) is 12.3. The van der Waals surface area contributed by atoms with Crippen LogP contribution in [0.25, 0.3) is 0 Å². The summed E-state index contributed by atoms with van der Waals surface area (Å²) < 4.78 is 10.5. The van der Waals surface area contributed by atoms with Gasteiger partial charge in [-0.3, -0.25) is 4.79 Å². The SMILES string of the molecule is CC(C)N(CCC#N)C(=O)c1ccc2c(c1)OCO2. The predicted octanol–water partition coefficient (Wildman–Crippen LogP) is 2.18. The van der Waals surface area contributed by atoms with Crippen LogP contribution in [0.5, 0.6) is 11.5 Å². The van der Waals surface area contributed by atoms with Crippen LogP contribution in [0, 0.1) is 11.3 Å². The maximum absolute atomic E-state index is 12.4. The van der Waals surface area contributed by atoms with E-state index in [4.69, 9.17) is 14.7 Å². The molecule has 1 aromatic carbocycles. The molecule has 0 unspecified atom stereocenters. The van der Waals surface area contributed by atoms with E-state index in [1.54, 1.807) is 23.1 Å². The van der Waals surface area contributed by atoms with Gasteiger partial charge in [-0.1, -0.05) is 0 Å². The van der Waals surface area contributed by atoms with Crippen molar-refractivity contribution in [1.82, 2.24) is 4.90 Å². The molecule has 0 fully saturated rings. The minimum atomic E-state index is -0.0939. The number of hydrogen-bond acceptors (Lipinski definition) is 4. The average Bonchev–Trinajstić information content (AvgIpc) is 2.85. The van der Waals surface area contributed by atoms with Crippen molar-refractivity contribution in [2.45, 2.75) is 26.3 Å². The highest BCUT2D eigenvalue weighted by atomic mass is 16.7. The zero-order valence-corrected chi connectivity index (χ0v) is 11.0. The molecule has 5 heteroatoms. The first-order valence-corrected chi connectivity index (χ1v) is 6.21. The van der Waals surface area contributed by atoms with Crippen molar-refractivity contribution in [3.8, 4) is 17.6 Å². The molecule has 19 heavy (non-hydrogen) atoms. The number of amides is 1. The van der Waals surface area contributed by atoms with Gasteiger partial charge in [-0.05, 0) is 32.0 Å². The monoisotopic (exact) mass is 260 g/mol. The van der Waals surface area contributed by atoms with Gasteiger partial charge in [0.05, 0.1) is 12.5 Å². The molecule has 0 N–H and O–H groups in total. The van der Waals surface area contributed by atoms with Crippen LogP contribution in [0.15, 0.2) is 18.2 Å². The number of nitrogens with zero attached hydrogens (tertiary/aromatic N) is 2. The van der Waals surface area contributed by atoms with Gasteiger partial charge in [0.1, 0.15) is 0 Å². The summed E-state index contributed by atoms with van der Waals surface area (Å²) in [6.07, 6.45) is 0.328. The van der Waals surface area contributed by atoms with Crippen LogP contribution in [0.1, 0.15) is 30.6 Å². The van der Waals surface area contributed by atoms with Gasteiger partial charge in [0.15, 0.2) is 11.5 Å². The lowest BCUT2D eigenvalue weighted by Crippen LogP contribution is -2.37. The Morgan fingerprint density at radius 2 is 2.16 bits per heavy atom. The van der Waals surface area contributed by atoms with Crippen LogP contribution in [-0.4, -0.2) is 30.2 Å². The standard InChI is InChI=1S/C14H16N2O3/c1-10(2)16(7-3-6-15)14(17)11-4-5-12-13(8-11)19-9-18-12/h4-5,8,10H,3,7,9H2,1-2H3. The van der Waals surface area contributed by atoms with E-state index in [1.807, 2.05) is 13.8 Å².